The Morgan fingerprint density at radius 3 is 1.16 bits per heavy atom. The number of hydrogen-bond acceptors (Lipinski definition) is 12. The van der Waals surface area contributed by atoms with Crippen molar-refractivity contribution >= 4 is 23.9 Å². The summed E-state index contributed by atoms with van der Waals surface area (Å²) in [5, 5.41) is 0. The summed E-state index contributed by atoms with van der Waals surface area (Å²) in [6.45, 7) is 3.96. The van der Waals surface area contributed by atoms with E-state index in [-0.39, 0.29) is 25.7 Å². The predicted octanol–water partition coefficient (Wildman–Crippen LogP) is 4.25. The number of esters is 4. The predicted molar refractivity (Wildman–Crippen MR) is 180 cm³/mol. The smallest absolute Gasteiger partial charge is 0.323 e. The summed E-state index contributed by atoms with van der Waals surface area (Å²) in [5.74, 6) is -2.90. The van der Waals surface area contributed by atoms with Gasteiger partial charge in [-0.1, -0.05) is 26.0 Å². The van der Waals surface area contributed by atoms with Gasteiger partial charge in [0.25, 0.3) is 0 Å². The normalized spacial score (nSPS) is 15.1. The molecule has 0 N–H and O–H groups in total. The molecule has 2 aliphatic carbocycles. The van der Waals surface area contributed by atoms with Gasteiger partial charge in [0.1, 0.15) is 0 Å². The van der Waals surface area contributed by atoms with Gasteiger partial charge in [-0.3, -0.25) is 29.1 Å². The van der Waals surface area contributed by atoms with Gasteiger partial charge in [-0.2, -0.15) is 0 Å². The van der Waals surface area contributed by atoms with Crippen molar-refractivity contribution in [3.63, 3.8) is 0 Å². The van der Waals surface area contributed by atoms with E-state index in [9.17, 15) is 19.2 Å². The highest BCUT2D eigenvalue weighted by atomic mass is 16.6. The quantitative estimate of drug-likeness (QED) is 0.141. The van der Waals surface area contributed by atoms with E-state index in [1.54, 1.807) is 24.5 Å². The molecule has 0 spiro atoms. The maximum absolute atomic E-state index is 13.5. The summed E-state index contributed by atoms with van der Waals surface area (Å²) in [6, 6.07) is 11.0. The Morgan fingerprint density at radius 2 is 0.880 bits per heavy atom. The molecule has 0 bridgehead atoms. The lowest BCUT2D eigenvalue weighted by atomic mass is 9.84. The van der Waals surface area contributed by atoms with Crippen molar-refractivity contribution in [1.82, 2.24) is 19.9 Å². The molecule has 12 nitrogen and oxygen atoms in total. The Kier molecular flexibility index (Phi) is 9.21. The Bertz CT molecular complexity index is 1840. The van der Waals surface area contributed by atoms with E-state index in [2.05, 4.69) is 9.97 Å². The van der Waals surface area contributed by atoms with Crippen molar-refractivity contribution < 1.29 is 38.1 Å². The maximum atomic E-state index is 13.5. The van der Waals surface area contributed by atoms with Crippen LogP contribution < -0.4 is 0 Å². The number of carbonyl (C=O) groups excluding carboxylic acids is 4. The van der Waals surface area contributed by atoms with Crippen LogP contribution in [0.25, 0.3) is 34.2 Å². The van der Waals surface area contributed by atoms with Gasteiger partial charge in [-0.25, -0.2) is 9.97 Å². The molecule has 0 amide bonds. The standard InChI is InChI=1S/C38H38N4O8/c1-7-21-23-17-37(33(43)47-3,34(44)48-4)19-25(23)31(41-29(21)27-13-9-11-15-39-27)32-26-20-38(35(45)49-5,36(46)50-6)18-24(26)22(8-2)30(42-32)28-14-10-12-16-40-28/h9-16H,7-8,17-20H2,1-6H3. The molecule has 258 valence electrons. The first-order valence-electron chi connectivity index (χ1n) is 16.4. The number of aromatic nitrogens is 4. The van der Waals surface area contributed by atoms with Gasteiger partial charge in [0.15, 0.2) is 10.8 Å². The Hall–Kier alpha value is -5.52. The zero-order valence-corrected chi connectivity index (χ0v) is 28.9. The van der Waals surface area contributed by atoms with Crippen LogP contribution in [0.5, 0.6) is 0 Å². The number of rotatable bonds is 9. The second-order valence-corrected chi connectivity index (χ2v) is 12.5. The number of ether oxygens (including phenoxy) is 4. The third-order valence-electron chi connectivity index (χ3n) is 10.0. The first-order chi connectivity index (χ1) is 24.1. The molecule has 6 rings (SSSR count). The molecule has 0 saturated heterocycles. The van der Waals surface area contributed by atoms with Gasteiger partial charge < -0.3 is 18.9 Å². The molecule has 0 aliphatic heterocycles. The Labute approximate surface area is 289 Å². The highest BCUT2D eigenvalue weighted by Crippen LogP contribution is 2.50. The number of fused-ring (bicyclic) bond motifs is 2. The Balaban J connectivity index is 1.75. The molecule has 4 heterocycles. The van der Waals surface area contributed by atoms with E-state index in [0.717, 1.165) is 22.3 Å². The number of pyridine rings is 4. The van der Waals surface area contributed by atoms with Crippen molar-refractivity contribution in [2.75, 3.05) is 28.4 Å². The Morgan fingerprint density at radius 1 is 0.540 bits per heavy atom. The highest BCUT2D eigenvalue weighted by Gasteiger charge is 2.56. The van der Waals surface area contributed by atoms with E-state index in [4.69, 9.17) is 28.9 Å². The molecule has 50 heavy (non-hydrogen) atoms. The van der Waals surface area contributed by atoms with E-state index < -0.39 is 34.7 Å². The van der Waals surface area contributed by atoms with Gasteiger partial charge in [-0.15, -0.1) is 0 Å². The number of nitrogens with zero attached hydrogens (tertiary/aromatic N) is 4. The molecule has 0 fully saturated rings. The summed E-state index contributed by atoms with van der Waals surface area (Å²) >= 11 is 0. The summed E-state index contributed by atoms with van der Waals surface area (Å²) in [6.07, 6.45) is 4.27. The van der Waals surface area contributed by atoms with Crippen molar-refractivity contribution in [2.45, 2.75) is 52.4 Å². The van der Waals surface area contributed by atoms with Gasteiger partial charge in [0.05, 0.1) is 62.6 Å². The molecule has 0 atom stereocenters. The molecule has 12 heteroatoms. The zero-order chi connectivity index (χ0) is 35.8. The molecule has 2 aliphatic rings. The van der Waals surface area contributed by atoms with Crippen molar-refractivity contribution in [3.05, 3.63) is 82.2 Å². The van der Waals surface area contributed by atoms with Crippen LogP contribution in [0.1, 0.15) is 47.2 Å². The second-order valence-electron chi connectivity index (χ2n) is 12.5. The van der Waals surface area contributed by atoms with Gasteiger partial charge in [0.2, 0.25) is 0 Å². The fraction of sp³-hybridized carbons (Fsp3) is 0.368. The summed E-state index contributed by atoms with van der Waals surface area (Å²) in [4.78, 5) is 73.9. The molecule has 0 saturated carbocycles. The number of hydrogen-bond donors (Lipinski definition) is 0. The zero-order valence-electron chi connectivity index (χ0n) is 28.9. The SMILES string of the molecule is CCc1c(-c2ccccn2)nc(-c2nc(-c3ccccn3)c(CC)c3c2CC(C(=O)OC)(C(=O)OC)C3)c2c1CC(C(=O)OC)(C(=O)OC)C2. The van der Waals surface area contributed by atoms with Crippen LogP contribution in [0.4, 0.5) is 0 Å². The molecule has 4 aromatic rings. The molecule has 0 radical (unpaired) electrons. The van der Waals surface area contributed by atoms with Gasteiger partial charge >= 0.3 is 23.9 Å². The first kappa shape index (κ1) is 34.3. The van der Waals surface area contributed by atoms with Crippen LogP contribution in [0.15, 0.2) is 48.8 Å². The van der Waals surface area contributed by atoms with Crippen LogP contribution in [0, 0.1) is 10.8 Å². The van der Waals surface area contributed by atoms with Crippen LogP contribution in [0.3, 0.4) is 0 Å². The van der Waals surface area contributed by atoms with E-state index in [0.29, 0.717) is 58.1 Å². The first-order valence-corrected chi connectivity index (χ1v) is 16.4. The highest BCUT2D eigenvalue weighted by molar-refractivity contribution is 6.03. The topological polar surface area (TPSA) is 157 Å². The largest absolute Gasteiger partial charge is 0.468 e. The molecular weight excluding hydrogens is 640 g/mol. The minimum Gasteiger partial charge on any atom is -0.468 e. The van der Waals surface area contributed by atoms with Crippen molar-refractivity contribution in [3.8, 4) is 34.2 Å². The van der Waals surface area contributed by atoms with Crippen LogP contribution in [-0.2, 0) is 76.7 Å². The fourth-order valence-electron chi connectivity index (χ4n) is 7.68. The lowest BCUT2D eigenvalue weighted by Gasteiger charge is -2.23. The minimum atomic E-state index is -1.67. The molecule has 0 aromatic carbocycles. The maximum Gasteiger partial charge on any atom is 0.323 e. The minimum absolute atomic E-state index is 0.0107. The summed E-state index contributed by atoms with van der Waals surface area (Å²) < 4.78 is 20.8. The number of carbonyl (C=O) groups is 4. The van der Waals surface area contributed by atoms with Crippen LogP contribution in [0.2, 0.25) is 0 Å². The fourth-order valence-corrected chi connectivity index (χ4v) is 7.68. The van der Waals surface area contributed by atoms with Crippen LogP contribution >= 0.6 is 0 Å². The second kappa shape index (κ2) is 13.4. The molecule has 4 aromatic heterocycles. The lowest BCUT2D eigenvalue weighted by Crippen LogP contribution is -2.42. The van der Waals surface area contributed by atoms with E-state index >= 15 is 0 Å². The third kappa shape index (κ3) is 5.21. The van der Waals surface area contributed by atoms with E-state index in [1.807, 2.05) is 38.1 Å². The van der Waals surface area contributed by atoms with Crippen molar-refractivity contribution in [1.29, 1.82) is 0 Å². The van der Waals surface area contributed by atoms with Gasteiger partial charge in [0, 0.05) is 38.1 Å². The van der Waals surface area contributed by atoms with Crippen molar-refractivity contribution in [2.24, 2.45) is 10.8 Å². The van der Waals surface area contributed by atoms with Crippen LogP contribution in [-0.4, -0.2) is 72.3 Å². The van der Waals surface area contributed by atoms with E-state index in [1.165, 1.54) is 28.4 Å². The lowest BCUT2D eigenvalue weighted by molar-refractivity contribution is -0.170. The summed E-state index contributed by atoms with van der Waals surface area (Å²) in [5.41, 5.74) is 4.13. The monoisotopic (exact) mass is 678 g/mol. The van der Waals surface area contributed by atoms with Gasteiger partial charge in [-0.05, 0) is 70.5 Å². The molecule has 0 unspecified atom stereocenters. The third-order valence-corrected chi connectivity index (χ3v) is 10.0. The average molecular weight is 679 g/mol. The average Bonchev–Trinajstić information content (AvgIpc) is 3.78. The summed E-state index contributed by atoms with van der Waals surface area (Å²) in [7, 11) is 4.97. The number of methoxy groups -OCH3 is 4. The molecular formula is C38H38N4O8.